The first-order chi connectivity index (χ1) is 10.3. The van der Waals surface area contributed by atoms with Crippen LogP contribution in [0.25, 0.3) is 11.0 Å². The number of rotatable bonds is 4. The molecule has 106 valence electrons. The first-order valence-corrected chi connectivity index (χ1v) is 7.69. The molecule has 0 aliphatic heterocycles. The Balaban J connectivity index is 1.93. The normalized spacial score (nSPS) is 12.5. The molecule has 3 aromatic rings. The van der Waals surface area contributed by atoms with Crippen LogP contribution in [0.3, 0.4) is 0 Å². The summed E-state index contributed by atoms with van der Waals surface area (Å²) in [6.45, 7) is 0. The average Bonchev–Trinajstić information content (AvgIpc) is 2.54. The summed E-state index contributed by atoms with van der Waals surface area (Å²) in [6, 6.07) is 16.4. The number of hydrogen-bond donors (Lipinski definition) is 1. The summed E-state index contributed by atoms with van der Waals surface area (Å²) >= 11 is 3.60. The summed E-state index contributed by atoms with van der Waals surface area (Å²) in [6.07, 6.45) is 2.73. The largest absolute Gasteiger partial charge is 0.311 e. The summed E-state index contributed by atoms with van der Waals surface area (Å²) in [5, 5.41) is 3.34. The van der Waals surface area contributed by atoms with Crippen LogP contribution in [0.5, 0.6) is 0 Å². The van der Waals surface area contributed by atoms with Gasteiger partial charge in [-0.3, -0.25) is 4.98 Å². The fraction of sp³-hybridized carbons (Fsp3) is 0.176. The van der Waals surface area contributed by atoms with Crippen LogP contribution in [0, 0.1) is 0 Å². The van der Waals surface area contributed by atoms with Crippen LogP contribution < -0.4 is 5.32 Å². The van der Waals surface area contributed by atoms with E-state index in [1.165, 1.54) is 5.56 Å². The molecule has 0 saturated carbocycles. The van der Waals surface area contributed by atoms with E-state index in [4.69, 9.17) is 4.98 Å². The highest BCUT2D eigenvalue weighted by atomic mass is 79.9. The van der Waals surface area contributed by atoms with Crippen LogP contribution >= 0.6 is 15.9 Å². The topological polar surface area (TPSA) is 37.8 Å². The maximum atomic E-state index is 4.73. The maximum Gasteiger partial charge on any atom is 0.0890 e. The zero-order valence-electron chi connectivity index (χ0n) is 11.8. The van der Waals surface area contributed by atoms with Crippen LogP contribution in [0.4, 0.5) is 0 Å². The molecule has 3 nitrogen and oxygen atoms in total. The first-order valence-electron chi connectivity index (χ1n) is 6.90. The van der Waals surface area contributed by atoms with Crippen LogP contribution in [0.1, 0.15) is 17.3 Å². The van der Waals surface area contributed by atoms with Crippen molar-refractivity contribution >= 4 is 27.0 Å². The minimum Gasteiger partial charge on any atom is -0.311 e. The lowest BCUT2D eigenvalue weighted by Gasteiger charge is -2.16. The molecule has 1 atom stereocenters. The Morgan fingerprint density at radius 1 is 1.05 bits per heavy atom. The second kappa shape index (κ2) is 6.33. The number of nitrogens with one attached hydrogen (secondary N) is 1. The van der Waals surface area contributed by atoms with E-state index < -0.39 is 0 Å². The summed E-state index contributed by atoms with van der Waals surface area (Å²) in [4.78, 5) is 9.23. The number of fused-ring (bicyclic) bond motifs is 1. The summed E-state index contributed by atoms with van der Waals surface area (Å²) < 4.78 is 1.12. The number of halogens is 1. The van der Waals surface area contributed by atoms with Crippen LogP contribution in [-0.4, -0.2) is 17.0 Å². The number of para-hydroxylation sites is 2. The van der Waals surface area contributed by atoms with Gasteiger partial charge in [0, 0.05) is 4.47 Å². The van der Waals surface area contributed by atoms with E-state index in [2.05, 4.69) is 44.4 Å². The number of benzene rings is 2. The first kappa shape index (κ1) is 14.2. The minimum absolute atomic E-state index is 0.140. The van der Waals surface area contributed by atoms with E-state index in [-0.39, 0.29) is 6.04 Å². The van der Waals surface area contributed by atoms with E-state index >= 15 is 0 Å². The number of nitrogens with zero attached hydrogens (tertiary/aromatic N) is 2. The monoisotopic (exact) mass is 341 g/mol. The molecule has 0 amide bonds. The van der Waals surface area contributed by atoms with Crippen molar-refractivity contribution in [2.24, 2.45) is 0 Å². The molecule has 1 heterocycles. The molecule has 0 spiro atoms. The molecule has 0 bridgehead atoms. The molecule has 1 N–H and O–H groups in total. The lowest BCUT2D eigenvalue weighted by atomic mass is 10.0. The van der Waals surface area contributed by atoms with E-state index in [1.54, 1.807) is 0 Å². The SMILES string of the molecule is CNC(Cc1ccccc1Br)c1cnc2ccccc2n1. The van der Waals surface area contributed by atoms with Crippen molar-refractivity contribution in [3.05, 3.63) is 70.5 Å². The third-order valence-corrected chi connectivity index (χ3v) is 4.33. The second-order valence-electron chi connectivity index (χ2n) is 4.92. The van der Waals surface area contributed by atoms with Crippen molar-refractivity contribution < 1.29 is 0 Å². The predicted molar refractivity (Wildman–Crippen MR) is 89.2 cm³/mol. The van der Waals surface area contributed by atoms with Gasteiger partial charge in [0.2, 0.25) is 0 Å². The van der Waals surface area contributed by atoms with Gasteiger partial charge in [0.25, 0.3) is 0 Å². The van der Waals surface area contributed by atoms with Crippen molar-refractivity contribution in [3.63, 3.8) is 0 Å². The Bertz CT molecular complexity index is 758. The molecule has 0 aliphatic rings. The fourth-order valence-corrected chi connectivity index (χ4v) is 2.82. The summed E-state index contributed by atoms with van der Waals surface area (Å²) in [5.41, 5.74) is 4.08. The minimum atomic E-state index is 0.140. The third kappa shape index (κ3) is 3.12. The molecular weight excluding hydrogens is 326 g/mol. The highest BCUT2D eigenvalue weighted by Crippen LogP contribution is 2.23. The molecule has 3 rings (SSSR count). The summed E-state index contributed by atoms with van der Waals surface area (Å²) in [5.74, 6) is 0. The van der Waals surface area contributed by atoms with Gasteiger partial charge < -0.3 is 5.32 Å². The van der Waals surface area contributed by atoms with Gasteiger partial charge in [-0.15, -0.1) is 0 Å². The molecule has 0 radical (unpaired) electrons. The maximum absolute atomic E-state index is 4.73. The zero-order valence-corrected chi connectivity index (χ0v) is 13.3. The van der Waals surface area contributed by atoms with Gasteiger partial charge >= 0.3 is 0 Å². The zero-order chi connectivity index (χ0) is 14.7. The highest BCUT2D eigenvalue weighted by Gasteiger charge is 2.14. The van der Waals surface area contributed by atoms with E-state index in [9.17, 15) is 0 Å². The lowest BCUT2D eigenvalue weighted by Crippen LogP contribution is -2.20. The number of hydrogen-bond acceptors (Lipinski definition) is 3. The van der Waals surface area contributed by atoms with Crippen molar-refractivity contribution in [3.8, 4) is 0 Å². The van der Waals surface area contributed by atoms with E-state index in [0.717, 1.165) is 27.6 Å². The lowest BCUT2D eigenvalue weighted by molar-refractivity contribution is 0.575. The molecule has 21 heavy (non-hydrogen) atoms. The van der Waals surface area contributed by atoms with Gasteiger partial charge in [0.05, 0.1) is 29.0 Å². The molecule has 0 fully saturated rings. The Kier molecular flexibility index (Phi) is 4.27. The Morgan fingerprint density at radius 2 is 1.76 bits per heavy atom. The van der Waals surface area contributed by atoms with Gasteiger partial charge in [-0.2, -0.15) is 0 Å². The predicted octanol–water partition coefficient (Wildman–Crippen LogP) is 3.90. The van der Waals surface area contributed by atoms with Crippen LogP contribution in [0.15, 0.2) is 59.2 Å². The van der Waals surface area contributed by atoms with Gasteiger partial charge in [0.1, 0.15) is 0 Å². The van der Waals surface area contributed by atoms with Gasteiger partial charge in [-0.1, -0.05) is 46.3 Å². The molecule has 0 aliphatic carbocycles. The van der Waals surface area contributed by atoms with Crippen molar-refractivity contribution in [2.75, 3.05) is 7.05 Å². The quantitative estimate of drug-likeness (QED) is 0.782. The summed E-state index contributed by atoms with van der Waals surface area (Å²) in [7, 11) is 1.96. The molecule has 2 aromatic carbocycles. The highest BCUT2D eigenvalue weighted by molar-refractivity contribution is 9.10. The third-order valence-electron chi connectivity index (χ3n) is 3.55. The van der Waals surface area contributed by atoms with Crippen LogP contribution in [-0.2, 0) is 6.42 Å². The van der Waals surface area contributed by atoms with Crippen molar-refractivity contribution in [1.29, 1.82) is 0 Å². The van der Waals surface area contributed by atoms with Gasteiger partial charge in [-0.25, -0.2) is 4.98 Å². The standard InChI is InChI=1S/C17H16BrN3/c1-19-16(10-12-6-2-3-7-13(12)18)17-11-20-14-8-4-5-9-15(14)21-17/h2-9,11,16,19H,10H2,1H3. The van der Waals surface area contributed by atoms with E-state index in [1.807, 2.05) is 43.6 Å². The van der Waals surface area contributed by atoms with Gasteiger partial charge in [-0.05, 0) is 37.2 Å². The second-order valence-corrected chi connectivity index (χ2v) is 5.77. The Morgan fingerprint density at radius 3 is 2.52 bits per heavy atom. The van der Waals surface area contributed by atoms with Crippen molar-refractivity contribution in [2.45, 2.75) is 12.5 Å². The molecule has 1 aromatic heterocycles. The van der Waals surface area contributed by atoms with Gasteiger partial charge in [0.15, 0.2) is 0 Å². The molecule has 4 heteroatoms. The number of likely N-dealkylation sites (N-methyl/N-ethyl adjacent to an activating group) is 1. The number of aromatic nitrogens is 2. The Hall–Kier alpha value is -1.78. The fourth-order valence-electron chi connectivity index (χ4n) is 2.38. The molecular formula is C17H16BrN3. The van der Waals surface area contributed by atoms with E-state index in [0.29, 0.717) is 0 Å². The molecule has 1 unspecified atom stereocenters. The molecule has 0 saturated heterocycles. The van der Waals surface area contributed by atoms with Crippen LogP contribution in [0.2, 0.25) is 0 Å². The Labute approximate surface area is 132 Å². The average molecular weight is 342 g/mol. The van der Waals surface area contributed by atoms with Crippen molar-refractivity contribution in [1.82, 2.24) is 15.3 Å². The smallest absolute Gasteiger partial charge is 0.0890 e.